The Morgan fingerprint density at radius 2 is 2.39 bits per heavy atom. The maximum absolute atomic E-state index is 6.03. The Labute approximate surface area is 118 Å². The van der Waals surface area contributed by atoms with E-state index in [1.807, 2.05) is 12.1 Å². The molecule has 2 rings (SSSR count). The van der Waals surface area contributed by atoms with Gasteiger partial charge in [0.25, 0.3) is 0 Å². The third-order valence-electron chi connectivity index (χ3n) is 3.97. The van der Waals surface area contributed by atoms with Crippen molar-refractivity contribution >= 4 is 22.9 Å². The van der Waals surface area contributed by atoms with Crippen LogP contribution in [-0.4, -0.2) is 12.7 Å². The van der Waals surface area contributed by atoms with Crippen molar-refractivity contribution < 1.29 is 4.74 Å². The molecule has 3 nitrogen and oxygen atoms in total. The van der Waals surface area contributed by atoms with Crippen molar-refractivity contribution in [3.63, 3.8) is 0 Å². The van der Waals surface area contributed by atoms with E-state index < -0.39 is 0 Å². The van der Waals surface area contributed by atoms with Crippen molar-refractivity contribution in [2.75, 3.05) is 7.11 Å². The number of hydrogen-bond donors (Lipinski definition) is 2. The zero-order valence-corrected chi connectivity index (χ0v) is 12.5. The lowest BCUT2D eigenvalue weighted by molar-refractivity contribution is -0.0798. The first-order valence-corrected chi connectivity index (χ1v) is 7.57. The number of halogens is 1. The predicted molar refractivity (Wildman–Crippen MR) is 76.8 cm³/mol. The maximum atomic E-state index is 6.03. The van der Waals surface area contributed by atoms with Gasteiger partial charge < -0.3 is 4.74 Å². The van der Waals surface area contributed by atoms with E-state index >= 15 is 0 Å². The SMILES string of the molecule is COC1(C(NN)c2ccc(Cl)s2)CCCC(C)C1. The molecular formula is C13H21ClN2OS. The Bertz CT molecular complexity index is 398. The first kappa shape index (κ1) is 14.3. The summed E-state index contributed by atoms with van der Waals surface area (Å²) >= 11 is 7.60. The Kier molecular flexibility index (Phi) is 4.67. The van der Waals surface area contributed by atoms with Gasteiger partial charge in [-0.25, -0.2) is 5.43 Å². The van der Waals surface area contributed by atoms with Crippen molar-refractivity contribution in [3.05, 3.63) is 21.3 Å². The van der Waals surface area contributed by atoms with Crippen LogP contribution in [0.4, 0.5) is 0 Å². The molecule has 1 saturated carbocycles. The van der Waals surface area contributed by atoms with Crippen LogP contribution in [0.5, 0.6) is 0 Å². The van der Waals surface area contributed by atoms with Crippen molar-refractivity contribution in [3.8, 4) is 0 Å². The van der Waals surface area contributed by atoms with Gasteiger partial charge in [-0.15, -0.1) is 11.3 Å². The average molecular weight is 289 g/mol. The molecular weight excluding hydrogens is 268 g/mol. The summed E-state index contributed by atoms with van der Waals surface area (Å²) in [6.45, 7) is 2.28. The molecule has 0 amide bonds. The lowest BCUT2D eigenvalue weighted by Crippen LogP contribution is -2.50. The van der Waals surface area contributed by atoms with E-state index in [1.165, 1.54) is 12.8 Å². The molecule has 0 saturated heterocycles. The van der Waals surface area contributed by atoms with Gasteiger partial charge in [0.2, 0.25) is 0 Å². The molecule has 0 aliphatic heterocycles. The number of hydrazine groups is 1. The highest BCUT2D eigenvalue weighted by Gasteiger charge is 2.43. The van der Waals surface area contributed by atoms with E-state index in [0.717, 1.165) is 22.1 Å². The molecule has 1 fully saturated rings. The van der Waals surface area contributed by atoms with Gasteiger partial charge in [0.05, 0.1) is 16.0 Å². The lowest BCUT2D eigenvalue weighted by atomic mass is 9.74. The smallest absolute Gasteiger partial charge is 0.0931 e. The molecule has 1 aliphatic carbocycles. The van der Waals surface area contributed by atoms with Crippen LogP contribution in [0, 0.1) is 5.92 Å². The van der Waals surface area contributed by atoms with Crippen LogP contribution in [0.1, 0.15) is 43.5 Å². The molecule has 102 valence electrons. The number of ether oxygens (including phenoxy) is 1. The normalized spacial score (nSPS) is 30.3. The number of nitrogens with one attached hydrogen (secondary N) is 1. The minimum absolute atomic E-state index is 0.0164. The summed E-state index contributed by atoms with van der Waals surface area (Å²) in [6, 6.07) is 3.97. The second-order valence-corrected chi connectivity index (χ2v) is 6.96. The third kappa shape index (κ3) is 2.73. The van der Waals surface area contributed by atoms with Gasteiger partial charge in [0, 0.05) is 12.0 Å². The van der Waals surface area contributed by atoms with Gasteiger partial charge >= 0.3 is 0 Å². The second-order valence-electron chi connectivity index (χ2n) is 5.21. The fourth-order valence-corrected chi connectivity index (χ4v) is 4.31. The molecule has 1 aromatic heterocycles. The highest BCUT2D eigenvalue weighted by atomic mass is 35.5. The molecule has 0 radical (unpaired) electrons. The molecule has 3 N–H and O–H groups in total. The summed E-state index contributed by atoms with van der Waals surface area (Å²) in [5.74, 6) is 6.46. The van der Waals surface area contributed by atoms with Crippen LogP contribution < -0.4 is 11.3 Å². The van der Waals surface area contributed by atoms with Gasteiger partial charge in [-0.1, -0.05) is 31.4 Å². The molecule has 18 heavy (non-hydrogen) atoms. The van der Waals surface area contributed by atoms with Crippen molar-refractivity contribution in [2.24, 2.45) is 11.8 Å². The zero-order chi connectivity index (χ0) is 13.2. The van der Waals surface area contributed by atoms with Crippen LogP contribution in [-0.2, 0) is 4.74 Å². The Hall–Kier alpha value is -0.130. The third-order valence-corrected chi connectivity index (χ3v) is 5.26. The molecule has 0 bridgehead atoms. The summed E-state index contributed by atoms with van der Waals surface area (Å²) in [4.78, 5) is 1.15. The van der Waals surface area contributed by atoms with E-state index in [9.17, 15) is 0 Å². The van der Waals surface area contributed by atoms with Gasteiger partial charge in [-0.3, -0.25) is 5.84 Å². The van der Waals surface area contributed by atoms with Gasteiger partial charge in [0.1, 0.15) is 0 Å². The Balaban J connectivity index is 2.28. The summed E-state index contributed by atoms with van der Waals surface area (Å²) < 4.78 is 6.68. The first-order valence-electron chi connectivity index (χ1n) is 6.38. The molecule has 3 unspecified atom stereocenters. The molecule has 1 aliphatic rings. The zero-order valence-electron chi connectivity index (χ0n) is 10.9. The van der Waals surface area contributed by atoms with E-state index in [1.54, 1.807) is 18.4 Å². The number of hydrogen-bond acceptors (Lipinski definition) is 4. The topological polar surface area (TPSA) is 47.3 Å². The molecule has 1 heterocycles. The number of methoxy groups -OCH3 is 1. The molecule has 0 spiro atoms. The fraction of sp³-hybridized carbons (Fsp3) is 0.692. The highest BCUT2D eigenvalue weighted by molar-refractivity contribution is 7.16. The molecule has 1 aromatic rings. The number of thiophene rings is 1. The Morgan fingerprint density at radius 1 is 1.61 bits per heavy atom. The van der Waals surface area contributed by atoms with Crippen molar-refractivity contribution in [1.82, 2.24) is 5.43 Å². The lowest BCUT2D eigenvalue weighted by Gasteiger charge is -2.44. The second kappa shape index (κ2) is 5.88. The van der Waals surface area contributed by atoms with Gasteiger partial charge in [0.15, 0.2) is 0 Å². The first-order chi connectivity index (χ1) is 8.61. The summed E-state index contributed by atoms with van der Waals surface area (Å²) in [5, 5.41) is 0. The monoisotopic (exact) mass is 288 g/mol. The standard InChI is InChI=1S/C13H21ClN2OS/c1-9-4-3-7-13(8-9,17-2)12(16-15)10-5-6-11(14)18-10/h5-6,9,12,16H,3-4,7-8,15H2,1-2H3. The van der Waals surface area contributed by atoms with E-state index in [2.05, 4.69) is 12.3 Å². The number of nitrogens with two attached hydrogens (primary N) is 1. The summed E-state index contributed by atoms with van der Waals surface area (Å²) in [7, 11) is 1.79. The van der Waals surface area contributed by atoms with Crippen LogP contribution in [0.2, 0.25) is 4.34 Å². The quantitative estimate of drug-likeness (QED) is 0.658. The Morgan fingerprint density at radius 3 is 2.89 bits per heavy atom. The molecule has 0 aromatic carbocycles. The van der Waals surface area contributed by atoms with Crippen molar-refractivity contribution in [1.29, 1.82) is 0 Å². The molecule has 5 heteroatoms. The van der Waals surface area contributed by atoms with E-state index in [4.69, 9.17) is 22.2 Å². The minimum Gasteiger partial charge on any atom is -0.376 e. The molecule has 3 atom stereocenters. The minimum atomic E-state index is -0.208. The average Bonchev–Trinajstić information content (AvgIpc) is 2.76. The van der Waals surface area contributed by atoms with Crippen LogP contribution in [0.3, 0.4) is 0 Å². The maximum Gasteiger partial charge on any atom is 0.0931 e. The van der Waals surface area contributed by atoms with E-state index in [-0.39, 0.29) is 11.6 Å². The van der Waals surface area contributed by atoms with Crippen molar-refractivity contribution in [2.45, 2.75) is 44.2 Å². The van der Waals surface area contributed by atoms with Crippen LogP contribution in [0.25, 0.3) is 0 Å². The largest absolute Gasteiger partial charge is 0.376 e. The number of rotatable bonds is 4. The van der Waals surface area contributed by atoms with E-state index in [0.29, 0.717) is 5.92 Å². The summed E-state index contributed by atoms with van der Waals surface area (Å²) in [6.07, 6.45) is 4.53. The predicted octanol–water partition coefficient (Wildman–Crippen LogP) is 3.50. The van der Waals surface area contributed by atoms with Crippen LogP contribution >= 0.6 is 22.9 Å². The summed E-state index contributed by atoms with van der Waals surface area (Å²) in [5.41, 5.74) is 2.73. The van der Waals surface area contributed by atoms with Gasteiger partial charge in [-0.05, 0) is 30.9 Å². The highest BCUT2D eigenvalue weighted by Crippen LogP contribution is 2.44. The fourth-order valence-electron chi connectivity index (χ4n) is 3.09. The van der Waals surface area contributed by atoms with Crippen LogP contribution in [0.15, 0.2) is 12.1 Å². The van der Waals surface area contributed by atoms with Gasteiger partial charge in [-0.2, -0.15) is 0 Å².